The van der Waals surface area contributed by atoms with Crippen molar-refractivity contribution < 1.29 is 9.15 Å². The van der Waals surface area contributed by atoms with Gasteiger partial charge in [-0.1, -0.05) is 26.0 Å². The van der Waals surface area contributed by atoms with Gasteiger partial charge in [0.1, 0.15) is 18.1 Å². The van der Waals surface area contributed by atoms with Crippen molar-refractivity contribution in [3.63, 3.8) is 0 Å². The van der Waals surface area contributed by atoms with Crippen LogP contribution in [0.5, 0.6) is 5.75 Å². The Balaban J connectivity index is 1.74. The number of hydrogen-bond donors (Lipinski definition) is 2. The second-order valence-corrected chi connectivity index (χ2v) is 6.55. The average molecular weight is 388 g/mol. The second kappa shape index (κ2) is 11.3. The van der Waals surface area contributed by atoms with Crippen LogP contribution in [0.4, 0.5) is 0 Å². The molecule has 0 atom stereocenters. The van der Waals surface area contributed by atoms with Gasteiger partial charge in [-0.3, -0.25) is 4.99 Å². The molecular weight excluding hydrogens is 354 g/mol. The van der Waals surface area contributed by atoms with Crippen LogP contribution in [0.1, 0.15) is 36.8 Å². The molecule has 2 aromatic rings. The van der Waals surface area contributed by atoms with Crippen LogP contribution in [-0.2, 0) is 13.1 Å². The van der Waals surface area contributed by atoms with E-state index >= 15 is 0 Å². The van der Waals surface area contributed by atoms with Crippen molar-refractivity contribution in [1.82, 2.24) is 20.5 Å². The van der Waals surface area contributed by atoms with Crippen molar-refractivity contribution in [2.24, 2.45) is 4.99 Å². The van der Waals surface area contributed by atoms with Crippen molar-refractivity contribution in [1.29, 1.82) is 0 Å². The summed E-state index contributed by atoms with van der Waals surface area (Å²) in [6.07, 6.45) is 0. The number of oxazole rings is 1. The summed E-state index contributed by atoms with van der Waals surface area (Å²) < 4.78 is 11.4. The van der Waals surface area contributed by atoms with E-state index in [9.17, 15) is 0 Å². The van der Waals surface area contributed by atoms with Gasteiger partial charge in [0.25, 0.3) is 0 Å². The molecule has 0 spiro atoms. The number of ether oxygens (including phenoxy) is 1. The molecule has 0 radical (unpaired) electrons. The number of likely N-dealkylation sites (N-methyl/N-ethyl adjacent to an activating group) is 1. The number of aryl methyl sites for hydroxylation is 2. The number of benzene rings is 1. The molecule has 1 aromatic carbocycles. The van der Waals surface area contributed by atoms with Crippen LogP contribution in [0, 0.1) is 13.8 Å². The standard InChI is InChI=1S/C21H33N5O2/c1-6-26(7-2)12-13-27-19-10-8-18(9-11-19)14-23-21(22-5)24-15-20-25-16(3)17(4)28-20/h8-11H,6-7,12-15H2,1-5H3,(H2,22,23,24). The highest BCUT2D eigenvalue weighted by atomic mass is 16.5. The molecule has 0 fully saturated rings. The molecule has 0 saturated carbocycles. The van der Waals surface area contributed by atoms with Crippen molar-refractivity contribution in [3.05, 3.63) is 47.2 Å². The lowest BCUT2D eigenvalue weighted by Crippen LogP contribution is -2.36. The number of guanidine groups is 1. The minimum atomic E-state index is 0.494. The lowest BCUT2D eigenvalue weighted by Gasteiger charge is -2.18. The maximum absolute atomic E-state index is 5.83. The SMILES string of the molecule is CCN(CC)CCOc1ccc(CNC(=NC)NCc2nc(C)c(C)o2)cc1. The first-order valence-electron chi connectivity index (χ1n) is 9.87. The van der Waals surface area contributed by atoms with Gasteiger partial charge in [0.05, 0.1) is 12.2 Å². The van der Waals surface area contributed by atoms with Crippen LogP contribution in [-0.4, -0.2) is 49.1 Å². The van der Waals surface area contributed by atoms with Crippen molar-refractivity contribution in [2.45, 2.75) is 40.8 Å². The largest absolute Gasteiger partial charge is 0.492 e. The van der Waals surface area contributed by atoms with Gasteiger partial charge in [-0.05, 0) is 44.6 Å². The molecule has 0 aliphatic heterocycles. The molecule has 0 aliphatic rings. The van der Waals surface area contributed by atoms with E-state index in [1.807, 2.05) is 26.0 Å². The fourth-order valence-corrected chi connectivity index (χ4v) is 2.72. The summed E-state index contributed by atoms with van der Waals surface area (Å²) in [4.78, 5) is 10.9. The van der Waals surface area contributed by atoms with Gasteiger partial charge in [-0.15, -0.1) is 0 Å². The van der Waals surface area contributed by atoms with Crippen molar-refractivity contribution >= 4 is 5.96 Å². The highest BCUT2D eigenvalue weighted by Crippen LogP contribution is 2.12. The smallest absolute Gasteiger partial charge is 0.214 e. The first kappa shape index (κ1) is 21.8. The van der Waals surface area contributed by atoms with Crippen molar-refractivity contribution in [3.8, 4) is 5.75 Å². The van der Waals surface area contributed by atoms with Crippen LogP contribution in [0.2, 0.25) is 0 Å². The molecule has 0 amide bonds. The minimum absolute atomic E-state index is 0.494. The molecule has 154 valence electrons. The van der Waals surface area contributed by atoms with E-state index in [0.29, 0.717) is 31.5 Å². The fraction of sp³-hybridized carbons (Fsp3) is 0.524. The number of aromatic nitrogens is 1. The Morgan fingerprint density at radius 2 is 1.79 bits per heavy atom. The highest BCUT2D eigenvalue weighted by molar-refractivity contribution is 5.79. The predicted molar refractivity (Wildman–Crippen MR) is 113 cm³/mol. The number of nitrogens with one attached hydrogen (secondary N) is 2. The van der Waals surface area contributed by atoms with Crippen LogP contribution >= 0.6 is 0 Å². The van der Waals surface area contributed by atoms with Crippen LogP contribution in [0.3, 0.4) is 0 Å². The molecule has 1 aromatic heterocycles. The molecule has 2 N–H and O–H groups in total. The monoisotopic (exact) mass is 387 g/mol. The van der Waals surface area contributed by atoms with E-state index in [2.05, 4.69) is 51.5 Å². The molecule has 7 nitrogen and oxygen atoms in total. The van der Waals surface area contributed by atoms with Crippen LogP contribution in [0.25, 0.3) is 0 Å². The third-order valence-electron chi connectivity index (χ3n) is 4.66. The van der Waals surface area contributed by atoms with E-state index in [-0.39, 0.29) is 0 Å². The first-order valence-corrected chi connectivity index (χ1v) is 9.87. The third kappa shape index (κ3) is 6.88. The van der Waals surface area contributed by atoms with Gasteiger partial charge in [-0.2, -0.15) is 0 Å². The zero-order chi connectivity index (χ0) is 20.4. The molecule has 7 heteroatoms. The van der Waals surface area contributed by atoms with Gasteiger partial charge < -0.3 is 24.7 Å². The van der Waals surface area contributed by atoms with Crippen LogP contribution < -0.4 is 15.4 Å². The average Bonchev–Trinajstić information content (AvgIpc) is 3.04. The molecule has 0 unspecified atom stereocenters. The summed E-state index contributed by atoms with van der Waals surface area (Å²) in [5.74, 6) is 3.10. The quantitative estimate of drug-likeness (QED) is 0.482. The van der Waals surface area contributed by atoms with E-state index in [1.165, 1.54) is 0 Å². The number of aliphatic imine (C=N–C) groups is 1. The van der Waals surface area contributed by atoms with E-state index < -0.39 is 0 Å². The Bertz CT molecular complexity index is 716. The summed E-state index contributed by atoms with van der Waals surface area (Å²) >= 11 is 0. The summed E-state index contributed by atoms with van der Waals surface area (Å²) in [6, 6.07) is 8.14. The first-order chi connectivity index (χ1) is 13.5. The Hall–Kier alpha value is -2.54. The van der Waals surface area contributed by atoms with Gasteiger partial charge in [0, 0.05) is 20.1 Å². The Labute approximate surface area is 168 Å². The number of rotatable bonds is 10. The lowest BCUT2D eigenvalue weighted by molar-refractivity contribution is 0.223. The zero-order valence-electron chi connectivity index (χ0n) is 17.7. The van der Waals surface area contributed by atoms with E-state index in [4.69, 9.17) is 9.15 Å². The third-order valence-corrected chi connectivity index (χ3v) is 4.66. The fourth-order valence-electron chi connectivity index (χ4n) is 2.72. The summed E-state index contributed by atoms with van der Waals surface area (Å²) in [5.41, 5.74) is 2.07. The molecule has 0 bridgehead atoms. The topological polar surface area (TPSA) is 74.9 Å². The van der Waals surface area contributed by atoms with E-state index in [1.54, 1.807) is 7.05 Å². The minimum Gasteiger partial charge on any atom is -0.492 e. The Morgan fingerprint density at radius 3 is 2.36 bits per heavy atom. The molecule has 28 heavy (non-hydrogen) atoms. The Kier molecular flexibility index (Phi) is 8.81. The maximum Gasteiger partial charge on any atom is 0.214 e. The number of hydrogen-bond acceptors (Lipinski definition) is 5. The summed E-state index contributed by atoms with van der Waals surface area (Å²) in [5, 5.41) is 6.50. The molecular formula is C21H33N5O2. The van der Waals surface area contributed by atoms with Gasteiger partial charge in [-0.25, -0.2) is 4.98 Å². The highest BCUT2D eigenvalue weighted by Gasteiger charge is 2.06. The van der Waals surface area contributed by atoms with Gasteiger partial charge >= 0.3 is 0 Å². The second-order valence-electron chi connectivity index (χ2n) is 6.55. The van der Waals surface area contributed by atoms with Gasteiger partial charge in [0.2, 0.25) is 5.89 Å². The molecule has 1 heterocycles. The summed E-state index contributed by atoms with van der Waals surface area (Å²) in [6.45, 7) is 13.1. The normalized spacial score (nSPS) is 11.7. The maximum atomic E-state index is 5.83. The van der Waals surface area contributed by atoms with Crippen LogP contribution in [0.15, 0.2) is 33.7 Å². The predicted octanol–water partition coefficient (Wildman–Crippen LogP) is 2.88. The molecule has 0 saturated heterocycles. The van der Waals surface area contributed by atoms with Gasteiger partial charge in [0.15, 0.2) is 5.96 Å². The lowest BCUT2D eigenvalue weighted by atomic mass is 10.2. The molecule has 0 aliphatic carbocycles. The van der Waals surface area contributed by atoms with E-state index in [0.717, 1.165) is 42.4 Å². The number of nitrogens with zero attached hydrogens (tertiary/aromatic N) is 3. The Morgan fingerprint density at radius 1 is 1.11 bits per heavy atom. The van der Waals surface area contributed by atoms with Crippen molar-refractivity contribution in [2.75, 3.05) is 33.3 Å². The zero-order valence-corrected chi connectivity index (χ0v) is 17.7. The summed E-state index contributed by atoms with van der Waals surface area (Å²) in [7, 11) is 1.74. The molecule has 2 rings (SSSR count).